The SMILES string of the molecule is Cc1cc(C(N)c2ccc3ccccc3c2)cs1. The summed E-state index contributed by atoms with van der Waals surface area (Å²) < 4.78 is 0. The number of nitrogens with two attached hydrogens (primary N) is 1. The molecule has 0 saturated carbocycles. The first-order valence-corrected chi connectivity index (χ1v) is 6.91. The summed E-state index contributed by atoms with van der Waals surface area (Å²) in [6.45, 7) is 2.11. The quantitative estimate of drug-likeness (QED) is 0.725. The van der Waals surface area contributed by atoms with Crippen LogP contribution in [0.3, 0.4) is 0 Å². The van der Waals surface area contributed by atoms with E-state index in [0.29, 0.717) is 0 Å². The highest BCUT2D eigenvalue weighted by Gasteiger charge is 2.10. The standard InChI is InChI=1S/C16H15NS/c1-11-8-15(10-18-11)16(17)14-7-6-12-4-2-3-5-13(12)9-14/h2-10,16H,17H2,1H3. The van der Waals surface area contributed by atoms with Crippen LogP contribution in [0.1, 0.15) is 22.0 Å². The van der Waals surface area contributed by atoms with Crippen molar-refractivity contribution in [1.29, 1.82) is 0 Å². The van der Waals surface area contributed by atoms with Gasteiger partial charge >= 0.3 is 0 Å². The molecule has 0 saturated heterocycles. The van der Waals surface area contributed by atoms with Crippen molar-refractivity contribution in [2.45, 2.75) is 13.0 Å². The molecule has 1 heterocycles. The first-order valence-electron chi connectivity index (χ1n) is 6.03. The van der Waals surface area contributed by atoms with Gasteiger partial charge in [-0.25, -0.2) is 0 Å². The Kier molecular flexibility index (Phi) is 2.90. The zero-order chi connectivity index (χ0) is 12.5. The number of benzene rings is 2. The molecule has 1 atom stereocenters. The molecule has 1 nitrogen and oxygen atoms in total. The van der Waals surface area contributed by atoms with Gasteiger partial charge in [-0.3, -0.25) is 0 Å². The fraction of sp³-hybridized carbons (Fsp3) is 0.125. The van der Waals surface area contributed by atoms with E-state index in [4.69, 9.17) is 5.73 Å². The average Bonchev–Trinajstić information content (AvgIpc) is 2.84. The third-order valence-electron chi connectivity index (χ3n) is 3.24. The fourth-order valence-corrected chi connectivity index (χ4v) is 2.96. The summed E-state index contributed by atoms with van der Waals surface area (Å²) in [7, 11) is 0. The van der Waals surface area contributed by atoms with Gasteiger partial charge in [0.25, 0.3) is 0 Å². The molecule has 0 radical (unpaired) electrons. The molecule has 1 aromatic heterocycles. The van der Waals surface area contributed by atoms with Gasteiger partial charge in [-0.15, -0.1) is 11.3 Å². The monoisotopic (exact) mass is 253 g/mol. The Bertz CT molecular complexity index is 684. The highest BCUT2D eigenvalue weighted by molar-refractivity contribution is 7.10. The van der Waals surface area contributed by atoms with E-state index < -0.39 is 0 Å². The lowest BCUT2D eigenvalue weighted by molar-refractivity contribution is 0.878. The molecule has 3 aromatic rings. The molecule has 2 aromatic carbocycles. The summed E-state index contributed by atoms with van der Waals surface area (Å²) in [6.07, 6.45) is 0. The van der Waals surface area contributed by atoms with Gasteiger partial charge in [0.15, 0.2) is 0 Å². The summed E-state index contributed by atoms with van der Waals surface area (Å²) >= 11 is 1.75. The van der Waals surface area contributed by atoms with Gasteiger partial charge in [0.2, 0.25) is 0 Å². The molecule has 0 amide bonds. The Morgan fingerprint density at radius 3 is 2.44 bits per heavy atom. The fourth-order valence-electron chi connectivity index (χ4n) is 2.22. The van der Waals surface area contributed by atoms with Crippen molar-refractivity contribution in [3.05, 3.63) is 69.9 Å². The van der Waals surface area contributed by atoms with E-state index in [9.17, 15) is 0 Å². The number of fused-ring (bicyclic) bond motifs is 1. The van der Waals surface area contributed by atoms with Crippen LogP contribution in [-0.4, -0.2) is 0 Å². The predicted molar refractivity (Wildman–Crippen MR) is 79.0 cm³/mol. The third kappa shape index (κ3) is 2.05. The molecule has 90 valence electrons. The molecule has 0 fully saturated rings. The first kappa shape index (κ1) is 11.5. The highest BCUT2D eigenvalue weighted by Crippen LogP contribution is 2.26. The zero-order valence-corrected chi connectivity index (χ0v) is 11.1. The van der Waals surface area contributed by atoms with Crippen LogP contribution in [-0.2, 0) is 0 Å². The maximum Gasteiger partial charge on any atom is 0.0560 e. The molecule has 2 N–H and O–H groups in total. The second kappa shape index (κ2) is 4.56. The molecule has 0 aliphatic heterocycles. The van der Waals surface area contributed by atoms with Gasteiger partial charge in [0, 0.05) is 4.88 Å². The van der Waals surface area contributed by atoms with E-state index in [1.54, 1.807) is 11.3 Å². The second-order valence-electron chi connectivity index (χ2n) is 4.57. The first-order chi connectivity index (χ1) is 8.74. The minimum Gasteiger partial charge on any atom is -0.320 e. The zero-order valence-electron chi connectivity index (χ0n) is 10.3. The third-order valence-corrected chi connectivity index (χ3v) is 4.12. The van der Waals surface area contributed by atoms with E-state index in [0.717, 1.165) is 0 Å². The highest BCUT2D eigenvalue weighted by atomic mass is 32.1. The number of rotatable bonds is 2. The van der Waals surface area contributed by atoms with Gasteiger partial charge in [-0.2, -0.15) is 0 Å². The Morgan fingerprint density at radius 1 is 0.944 bits per heavy atom. The van der Waals surface area contributed by atoms with Gasteiger partial charge in [-0.05, 0) is 46.3 Å². The lowest BCUT2D eigenvalue weighted by Gasteiger charge is -2.11. The van der Waals surface area contributed by atoms with Crippen LogP contribution in [0, 0.1) is 6.92 Å². The van der Waals surface area contributed by atoms with Crippen molar-refractivity contribution in [1.82, 2.24) is 0 Å². The average molecular weight is 253 g/mol. The van der Waals surface area contributed by atoms with Crippen LogP contribution in [0.2, 0.25) is 0 Å². The van der Waals surface area contributed by atoms with Crippen LogP contribution in [0.15, 0.2) is 53.9 Å². The summed E-state index contributed by atoms with van der Waals surface area (Å²) in [5.41, 5.74) is 8.70. The molecular weight excluding hydrogens is 238 g/mol. The van der Waals surface area contributed by atoms with Crippen molar-refractivity contribution in [2.75, 3.05) is 0 Å². The maximum atomic E-state index is 6.33. The number of aryl methyl sites for hydroxylation is 1. The molecule has 0 bridgehead atoms. The van der Waals surface area contributed by atoms with Crippen molar-refractivity contribution in [3.63, 3.8) is 0 Å². The molecule has 0 spiro atoms. The normalized spacial score (nSPS) is 12.8. The van der Waals surface area contributed by atoms with Gasteiger partial charge < -0.3 is 5.73 Å². The molecule has 0 aliphatic rings. The van der Waals surface area contributed by atoms with Crippen molar-refractivity contribution >= 4 is 22.1 Å². The largest absolute Gasteiger partial charge is 0.320 e. The van der Waals surface area contributed by atoms with E-state index in [2.05, 4.69) is 60.8 Å². The molecular formula is C16H15NS. The van der Waals surface area contributed by atoms with E-state index in [-0.39, 0.29) is 6.04 Å². The summed E-state index contributed by atoms with van der Waals surface area (Å²) in [5, 5.41) is 4.65. The Balaban J connectivity index is 2.03. The van der Waals surface area contributed by atoms with Gasteiger partial charge in [0.05, 0.1) is 6.04 Å². The smallest absolute Gasteiger partial charge is 0.0560 e. The number of thiophene rings is 1. The Morgan fingerprint density at radius 2 is 1.72 bits per heavy atom. The van der Waals surface area contributed by atoms with E-state index in [1.165, 1.54) is 26.8 Å². The minimum atomic E-state index is -0.0282. The number of hydrogen-bond acceptors (Lipinski definition) is 2. The Hall–Kier alpha value is -1.64. The summed E-state index contributed by atoms with van der Waals surface area (Å²) in [4.78, 5) is 1.31. The summed E-state index contributed by atoms with van der Waals surface area (Å²) in [5.74, 6) is 0. The Labute approximate surface area is 111 Å². The maximum absolute atomic E-state index is 6.33. The van der Waals surface area contributed by atoms with Gasteiger partial charge in [-0.1, -0.05) is 36.4 Å². The minimum absolute atomic E-state index is 0.0282. The molecule has 3 rings (SSSR count). The van der Waals surface area contributed by atoms with Crippen LogP contribution >= 0.6 is 11.3 Å². The molecule has 18 heavy (non-hydrogen) atoms. The van der Waals surface area contributed by atoms with Crippen molar-refractivity contribution in [2.24, 2.45) is 5.73 Å². The van der Waals surface area contributed by atoms with E-state index >= 15 is 0 Å². The molecule has 0 aliphatic carbocycles. The van der Waals surface area contributed by atoms with Crippen molar-refractivity contribution < 1.29 is 0 Å². The molecule has 1 unspecified atom stereocenters. The van der Waals surface area contributed by atoms with Crippen LogP contribution in [0.25, 0.3) is 10.8 Å². The summed E-state index contributed by atoms with van der Waals surface area (Å²) in [6, 6.07) is 17.0. The van der Waals surface area contributed by atoms with Crippen LogP contribution in [0.4, 0.5) is 0 Å². The lowest BCUT2D eigenvalue weighted by Crippen LogP contribution is -2.10. The van der Waals surface area contributed by atoms with Crippen LogP contribution < -0.4 is 5.73 Å². The van der Waals surface area contributed by atoms with E-state index in [1.807, 2.05) is 0 Å². The van der Waals surface area contributed by atoms with Crippen molar-refractivity contribution in [3.8, 4) is 0 Å². The second-order valence-corrected chi connectivity index (χ2v) is 5.69. The predicted octanol–water partition coefficient (Wildman–Crippen LogP) is 4.26. The lowest BCUT2D eigenvalue weighted by atomic mass is 9.99. The molecule has 2 heteroatoms. The van der Waals surface area contributed by atoms with Crippen LogP contribution in [0.5, 0.6) is 0 Å². The number of hydrogen-bond donors (Lipinski definition) is 1. The topological polar surface area (TPSA) is 26.0 Å². The van der Waals surface area contributed by atoms with Gasteiger partial charge in [0.1, 0.15) is 0 Å².